The fourth-order valence-corrected chi connectivity index (χ4v) is 3.24. The molecular weight excluding hydrogens is 341 g/mol. The number of pyridine rings is 1. The maximum atomic E-state index is 12.2. The van der Waals surface area contributed by atoms with E-state index >= 15 is 0 Å². The Morgan fingerprint density at radius 1 is 1.23 bits per heavy atom. The second kappa shape index (κ2) is 6.20. The molecule has 1 aromatic carbocycles. The Hall–Kier alpha value is -1.69. The Morgan fingerprint density at radius 3 is 2.82 bits per heavy atom. The maximum absolute atomic E-state index is 12.2. The number of benzene rings is 1. The van der Waals surface area contributed by atoms with Crippen LogP contribution in [0.25, 0.3) is 10.2 Å². The van der Waals surface area contributed by atoms with Gasteiger partial charge in [0.15, 0.2) is 5.13 Å². The Labute approximate surface area is 141 Å². The van der Waals surface area contributed by atoms with Gasteiger partial charge < -0.3 is 0 Å². The molecule has 0 aliphatic carbocycles. The number of anilines is 1. The van der Waals surface area contributed by atoms with Crippen molar-refractivity contribution in [3.8, 4) is 0 Å². The normalized spacial score (nSPS) is 10.9. The standard InChI is InChI=1S/C15H11Cl2N3OS/c1-2-8-3-5-10-11(7-8)22-15(18-10)20-14(21)13-9(16)4-6-12(17)19-13/h3-7H,2H2,1H3,(H,18,20,21). The lowest BCUT2D eigenvalue weighted by molar-refractivity contribution is 0.102. The minimum absolute atomic E-state index is 0.0858. The average molecular weight is 352 g/mol. The SMILES string of the molecule is CCc1ccc2nc(NC(=O)c3nc(Cl)ccc3Cl)sc2c1. The van der Waals surface area contributed by atoms with Gasteiger partial charge in [-0.25, -0.2) is 9.97 Å². The fraction of sp³-hybridized carbons (Fsp3) is 0.133. The lowest BCUT2D eigenvalue weighted by Crippen LogP contribution is -2.14. The zero-order chi connectivity index (χ0) is 15.7. The number of halogens is 2. The second-order valence-electron chi connectivity index (χ2n) is 4.59. The first kappa shape index (κ1) is 15.2. The Balaban J connectivity index is 1.89. The van der Waals surface area contributed by atoms with E-state index in [1.165, 1.54) is 29.0 Å². The number of nitrogens with zero attached hydrogens (tertiary/aromatic N) is 2. The highest BCUT2D eigenvalue weighted by Gasteiger charge is 2.15. The van der Waals surface area contributed by atoms with Gasteiger partial charge >= 0.3 is 0 Å². The number of thiazole rings is 1. The summed E-state index contributed by atoms with van der Waals surface area (Å²) in [5, 5.41) is 3.68. The Bertz CT molecular complexity index is 863. The number of carbonyl (C=O) groups excluding carboxylic acids is 1. The number of hydrogen-bond acceptors (Lipinski definition) is 4. The van der Waals surface area contributed by atoms with Crippen molar-refractivity contribution >= 4 is 55.8 Å². The number of hydrogen-bond donors (Lipinski definition) is 1. The van der Waals surface area contributed by atoms with Gasteiger partial charge in [0.2, 0.25) is 0 Å². The molecule has 0 unspecified atom stereocenters. The minimum Gasteiger partial charge on any atom is -0.296 e. The monoisotopic (exact) mass is 351 g/mol. The smallest absolute Gasteiger partial charge is 0.277 e. The third-order valence-corrected chi connectivity index (χ3v) is 4.56. The summed E-state index contributed by atoms with van der Waals surface area (Å²) in [5.74, 6) is -0.428. The van der Waals surface area contributed by atoms with Gasteiger partial charge in [0, 0.05) is 0 Å². The van der Waals surface area contributed by atoms with E-state index in [4.69, 9.17) is 23.2 Å². The van der Waals surface area contributed by atoms with Gasteiger partial charge in [-0.2, -0.15) is 0 Å². The van der Waals surface area contributed by atoms with Gasteiger partial charge in [0.05, 0.1) is 15.2 Å². The molecule has 2 aromatic heterocycles. The molecule has 1 N–H and O–H groups in total. The average Bonchev–Trinajstić information content (AvgIpc) is 2.90. The van der Waals surface area contributed by atoms with Gasteiger partial charge in [-0.1, -0.05) is 47.5 Å². The van der Waals surface area contributed by atoms with Gasteiger partial charge in [0.25, 0.3) is 5.91 Å². The van der Waals surface area contributed by atoms with E-state index < -0.39 is 5.91 Å². The second-order valence-corrected chi connectivity index (χ2v) is 6.42. The molecule has 7 heteroatoms. The molecule has 2 heterocycles. The molecule has 0 spiro atoms. The van der Waals surface area contributed by atoms with Crippen molar-refractivity contribution in [2.45, 2.75) is 13.3 Å². The predicted octanol–water partition coefficient (Wildman–Crippen LogP) is 4.81. The number of carbonyl (C=O) groups is 1. The third kappa shape index (κ3) is 3.06. The molecule has 112 valence electrons. The van der Waals surface area contributed by atoms with Crippen LogP contribution in [0.4, 0.5) is 5.13 Å². The van der Waals surface area contributed by atoms with Crippen LogP contribution in [0.5, 0.6) is 0 Å². The van der Waals surface area contributed by atoms with Gasteiger partial charge in [-0.3, -0.25) is 10.1 Å². The summed E-state index contributed by atoms with van der Waals surface area (Å²) in [6, 6.07) is 9.13. The highest BCUT2D eigenvalue weighted by Crippen LogP contribution is 2.28. The van der Waals surface area contributed by atoms with Crippen molar-refractivity contribution in [2.75, 3.05) is 5.32 Å². The Morgan fingerprint density at radius 2 is 2.05 bits per heavy atom. The highest BCUT2D eigenvalue weighted by atomic mass is 35.5. The molecule has 0 bridgehead atoms. The first-order valence-electron chi connectivity index (χ1n) is 6.59. The molecule has 22 heavy (non-hydrogen) atoms. The third-order valence-electron chi connectivity index (χ3n) is 3.11. The number of aromatic nitrogens is 2. The van der Waals surface area contributed by atoms with E-state index in [0.717, 1.165) is 16.6 Å². The van der Waals surface area contributed by atoms with Crippen molar-refractivity contribution in [3.05, 3.63) is 51.8 Å². The maximum Gasteiger partial charge on any atom is 0.277 e. The number of aryl methyl sites for hydroxylation is 1. The summed E-state index contributed by atoms with van der Waals surface area (Å²) in [4.78, 5) is 20.6. The molecule has 0 aliphatic rings. The van der Waals surface area contributed by atoms with Crippen molar-refractivity contribution in [2.24, 2.45) is 0 Å². The van der Waals surface area contributed by atoms with Crippen molar-refractivity contribution in [3.63, 3.8) is 0 Å². The zero-order valence-corrected chi connectivity index (χ0v) is 13.9. The van der Waals surface area contributed by atoms with Crippen molar-refractivity contribution in [1.82, 2.24) is 9.97 Å². The molecule has 0 radical (unpaired) electrons. The number of amides is 1. The topological polar surface area (TPSA) is 54.9 Å². The molecular formula is C15H11Cl2N3OS. The van der Waals surface area contributed by atoms with Crippen molar-refractivity contribution < 1.29 is 4.79 Å². The first-order chi connectivity index (χ1) is 10.6. The summed E-state index contributed by atoms with van der Waals surface area (Å²) in [6.45, 7) is 2.09. The summed E-state index contributed by atoms with van der Waals surface area (Å²) in [7, 11) is 0. The molecule has 0 fully saturated rings. The van der Waals surface area contributed by atoms with Crippen LogP contribution in [0.3, 0.4) is 0 Å². The molecule has 0 aliphatic heterocycles. The predicted molar refractivity (Wildman–Crippen MR) is 91.2 cm³/mol. The van der Waals surface area contributed by atoms with E-state index in [1.54, 1.807) is 0 Å². The van der Waals surface area contributed by atoms with Crippen LogP contribution in [0.2, 0.25) is 10.2 Å². The summed E-state index contributed by atoms with van der Waals surface area (Å²) in [5.41, 5.74) is 2.17. The van der Waals surface area contributed by atoms with Crippen molar-refractivity contribution in [1.29, 1.82) is 0 Å². The van der Waals surface area contributed by atoms with E-state index in [-0.39, 0.29) is 15.9 Å². The molecule has 1 amide bonds. The van der Waals surface area contributed by atoms with Crippen LogP contribution in [-0.4, -0.2) is 15.9 Å². The lowest BCUT2D eigenvalue weighted by Gasteiger charge is -2.03. The highest BCUT2D eigenvalue weighted by molar-refractivity contribution is 7.22. The summed E-state index contributed by atoms with van der Waals surface area (Å²) in [6.07, 6.45) is 0.956. The first-order valence-corrected chi connectivity index (χ1v) is 8.17. The van der Waals surface area contributed by atoms with E-state index in [1.807, 2.05) is 12.1 Å². The molecule has 0 saturated heterocycles. The fourth-order valence-electron chi connectivity index (χ4n) is 1.98. The van der Waals surface area contributed by atoms with E-state index in [2.05, 4.69) is 28.3 Å². The molecule has 3 aromatic rings. The molecule has 3 rings (SSSR count). The van der Waals surface area contributed by atoms with Crippen LogP contribution in [0.15, 0.2) is 30.3 Å². The van der Waals surface area contributed by atoms with E-state index in [9.17, 15) is 4.79 Å². The summed E-state index contributed by atoms with van der Waals surface area (Å²) >= 11 is 13.2. The molecule has 0 saturated carbocycles. The number of rotatable bonds is 3. The minimum atomic E-state index is -0.428. The van der Waals surface area contributed by atoms with Crippen LogP contribution in [-0.2, 0) is 6.42 Å². The number of fused-ring (bicyclic) bond motifs is 1. The van der Waals surface area contributed by atoms with Crippen LogP contribution >= 0.6 is 34.5 Å². The Kier molecular flexibility index (Phi) is 4.29. The molecule has 4 nitrogen and oxygen atoms in total. The van der Waals surface area contributed by atoms with Crippen LogP contribution in [0, 0.1) is 0 Å². The van der Waals surface area contributed by atoms with Crippen LogP contribution in [0.1, 0.15) is 23.0 Å². The van der Waals surface area contributed by atoms with Crippen LogP contribution < -0.4 is 5.32 Å². The van der Waals surface area contributed by atoms with Gasteiger partial charge in [-0.15, -0.1) is 0 Å². The summed E-state index contributed by atoms with van der Waals surface area (Å²) < 4.78 is 1.03. The quantitative estimate of drug-likeness (QED) is 0.688. The largest absolute Gasteiger partial charge is 0.296 e. The molecule has 0 atom stereocenters. The zero-order valence-electron chi connectivity index (χ0n) is 11.6. The number of nitrogens with one attached hydrogen (secondary N) is 1. The lowest BCUT2D eigenvalue weighted by atomic mass is 10.2. The van der Waals surface area contributed by atoms with Gasteiger partial charge in [0.1, 0.15) is 10.8 Å². The van der Waals surface area contributed by atoms with E-state index in [0.29, 0.717) is 5.13 Å². The van der Waals surface area contributed by atoms with Gasteiger partial charge in [-0.05, 0) is 36.2 Å².